The molecule has 1 spiro atoms. The first-order valence-corrected chi connectivity index (χ1v) is 12.9. The average molecular weight is 495 g/mol. The van der Waals surface area contributed by atoms with E-state index in [1.807, 2.05) is 35.9 Å². The van der Waals surface area contributed by atoms with E-state index in [1.54, 1.807) is 12.0 Å². The molecule has 3 heterocycles. The fourth-order valence-electron chi connectivity index (χ4n) is 6.01. The molecule has 2 aliphatic heterocycles. The number of carbonyl (C=O) groups excluding carboxylic acids is 3. The lowest BCUT2D eigenvalue weighted by molar-refractivity contribution is -0.156. The Balaban J connectivity index is 1.42. The smallest absolute Gasteiger partial charge is 0.307 e. The summed E-state index contributed by atoms with van der Waals surface area (Å²) < 4.78 is 13.0. The quantitative estimate of drug-likeness (QED) is 0.620. The monoisotopic (exact) mass is 494 g/mol. The van der Waals surface area contributed by atoms with Crippen LogP contribution in [0.4, 0.5) is 0 Å². The van der Waals surface area contributed by atoms with Gasteiger partial charge in [-0.15, -0.1) is 0 Å². The molecule has 1 N–H and O–H groups in total. The molecule has 192 valence electrons. The number of ether oxygens (including phenoxy) is 2. The van der Waals surface area contributed by atoms with E-state index in [9.17, 15) is 14.4 Å². The third-order valence-corrected chi connectivity index (χ3v) is 7.79. The normalized spacial score (nSPS) is 20.7. The molecule has 9 heteroatoms. The highest BCUT2D eigenvalue weighted by Crippen LogP contribution is 2.45. The first kappa shape index (κ1) is 24.3. The number of methoxy groups -OCH3 is 1. The van der Waals surface area contributed by atoms with Gasteiger partial charge in [-0.1, -0.05) is 18.6 Å². The molecule has 0 bridgehead atoms. The maximum absolute atomic E-state index is 13.8. The molecule has 5 rings (SSSR count). The van der Waals surface area contributed by atoms with Crippen LogP contribution in [0.3, 0.4) is 0 Å². The molecular formula is C27H34N4O5. The minimum Gasteiger partial charge on any atom is -0.497 e. The third kappa shape index (κ3) is 4.47. The summed E-state index contributed by atoms with van der Waals surface area (Å²) in [7, 11) is 1.63. The van der Waals surface area contributed by atoms with Crippen molar-refractivity contribution in [3.63, 3.8) is 0 Å². The van der Waals surface area contributed by atoms with Crippen LogP contribution in [0.1, 0.15) is 72.8 Å². The van der Waals surface area contributed by atoms with Gasteiger partial charge in [-0.05, 0) is 50.3 Å². The van der Waals surface area contributed by atoms with Crippen LogP contribution in [-0.2, 0) is 33.8 Å². The van der Waals surface area contributed by atoms with E-state index in [1.165, 1.54) is 0 Å². The van der Waals surface area contributed by atoms with E-state index < -0.39 is 11.5 Å². The minimum atomic E-state index is -0.661. The predicted molar refractivity (Wildman–Crippen MR) is 131 cm³/mol. The lowest BCUT2D eigenvalue weighted by Gasteiger charge is -2.39. The van der Waals surface area contributed by atoms with E-state index in [-0.39, 0.29) is 24.2 Å². The number of fused-ring (bicyclic) bond motifs is 1. The average Bonchev–Trinajstić information content (AvgIpc) is 3.40. The molecule has 2 aromatic rings. The SMILES string of the molecule is CCNC(=O)c1nn(Cc2cccc(OC)c2)c2c1CN(C(=O)C1CC(=O)OC13CCCCC3)CC2. The first-order chi connectivity index (χ1) is 17.4. The van der Waals surface area contributed by atoms with Crippen molar-refractivity contribution in [2.24, 2.45) is 5.92 Å². The van der Waals surface area contributed by atoms with Crippen LogP contribution in [0.5, 0.6) is 5.75 Å². The highest BCUT2D eigenvalue weighted by atomic mass is 16.6. The standard InChI is InChI=1S/C27H34N4O5/c1-3-28-25(33)24-20-17-30(26(34)21-15-23(32)36-27(21)11-5-4-6-12-27)13-10-22(20)31(29-24)16-18-8-7-9-19(14-18)35-2/h7-9,14,21H,3-6,10-13,15-17H2,1-2H3,(H,28,33). The Hall–Kier alpha value is -3.36. The second-order valence-corrected chi connectivity index (χ2v) is 10.0. The fraction of sp³-hybridized carbons (Fsp3) is 0.556. The van der Waals surface area contributed by atoms with Gasteiger partial charge in [-0.25, -0.2) is 0 Å². The number of hydrogen-bond donors (Lipinski definition) is 1. The van der Waals surface area contributed by atoms with Gasteiger partial charge in [0.1, 0.15) is 11.4 Å². The molecule has 2 fully saturated rings. The number of nitrogens with zero attached hydrogens (tertiary/aromatic N) is 3. The van der Waals surface area contributed by atoms with E-state index >= 15 is 0 Å². The summed E-state index contributed by atoms with van der Waals surface area (Å²) in [6, 6.07) is 7.78. The van der Waals surface area contributed by atoms with Crippen LogP contribution in [0.15, 0.2) is 24.3 Å². The van der Waals surface area contributed by atoms with Crippen molar-refractivity contribution >= 4 is 17.8 Å². The van der Waals surface area contributed by atoms with Crippen molar-refractivity contribution in [2.45, 2.75) is 70.6 Å². The zero-order valence-electron chi connectivity index (χ0n) is 21.0. The molecule has 36 heavy (non-hydrogen) atoms. The fourth-order valence-corrected chi connectivity index (χ4v) is 6.01. The highest BCUT2D eigenvalue weighted by Gasteiger charge is 2.54. The summed E-state index contributed by atoms with van der Waals surface area (Å²) in [6.07, 6.45) is 5.27. The Bertz CT molecular complexity index is 1170. The van der Waals surface area contributed by atoms with Crippen LogP contribution in [0.2, 0.25) is 0 Å². The Morgan fingerprint density at radius 1 is 1.25 bits per heavy atom. The lowest BCUT2D eigenvalue weighted by atomic mass is 9.75. The Kier molecular flexibility index (Phi) is 6.73. The Labute approximate surface area is 211 Å². The zero-order chi connectivity index (χ0) is 25.3. The van der Waals surface area contributed by atoms with Crippen molar-refractivity contribution < 1.29 is 23.9 Å². The first-order valence-electron chi connectivity index (χ1n) is 12.9. The van der Waals surface area contributed by atoms with Gasteiger partial charge in [0, 0.05) is 37.3 Å². The third-order valence-electron chi connectivity index (χ3n) is 7.79. The summed E-state index contributed by atoms with van der Waals surface area (Å²) in [5.41, 5.74) is 2.46. The molecule has 1 aromatic heterocycles. The molecule has 1 saturated heterocycles. The van der Waals surface area contributed by atoms with Gasteiger partial charge in [0.05, 0.1) is 26.0 Å². The molecule has 0 radical (unpaired) electrons. The van der Waals surface area contributed by atoms with E-state index in [2.05, 4.69) is 5.32 Å². The molecule has 1 saturated carbocycles. The number of carbonyl (C=O) groups is 3. The number of hydrogen-bond acceptors (Lipinski definition) is 6. The molecule has 2 amide bonds. The number of benzene rings is 1. The molecule has 1 aromatic carbocycles. The van der Waals surface area contributed by atoms with Gasteiger partial charge < -0.3 is 19.7 Å². The van der Waals surface area contributed by atoms with E-state index in [4.69, 9.17) is 14.6 Å². The summed E-state index contributed by atoms with van der Waals surface area (Å²) in [5.74, 6) is -0.251. The van der Waals surface area contributed by atoms with Gasteiger partial charge in [-0.2, -0.15) is 5.10 Å². The van der Waals surface area contributed by atoms with Gasteiger partial charge in [-0.3, -0.25) is 19.1 Å². The molecule has 1 unspecified atom stereocenters. The van der Waals surface area contributed by atoms with Crippen molar-refractivity contribution in [2.75, 3.05) is 20.2 Å². The van der Waals surface area contributed by atoms with Crippen molar-refractivity contribution in [1.29, 1.82) is 0 Å². The summed E-state index contributed by atoms with van der Waals surface area (Å²) in [5, 5.41) is 7.55. The van der Waals surface area contributed by atoms with Gasteiger partial charge >= 0.3 is 5.97 Å². The summed E-state index contributed by atoms with van der Waals surface area (Å²) >= 11 is 0. The summed E-state index contributed by atoms with van der Waals surface area (Å²) in [6.45, 7) is 3.68. The topological polar surface area (TPSA) is 103 Å². The number of rotatable bonds is 6. The second-order valence-electron chi connectivity index (χ2n) is 10.0. The van der Waals surface area contributed by atoms with Crippen LogP contribution in [0.25, 0.3) is 0 Å². The second kappa shape index (κ2) is 9.95. The van der Waals surface area contributed by atoms with Crippen molar-refractivity contribution in [3.05, 3.63) is 46.8 Å². The lowest BCUT2D eigenvalue weighted by Crippen LogP contribution is -2.48. The minimum absolute atomic E-state index is 0.0456. The van der Waals surface area contributed by atoms with E-state index in [0.29, 0.717) is 38.3 Å². The molecule has 3 aliphatic rings. The number of esters is 1. The Morgan fingerprint density at radius 3 is 2.81 bits per heavy atom. The number of amides is 2. The molecule has 1 aliphatic carbocycles. The van der Waals surface area contributed by atoms with Crippen molar-refractivity contribution in [1.82, 2.24) is 20.0 Å². The van der Waals surface area contributed by atoms with Gasteiger partial charge in [0.2, 0.25) is 5.91 Å². The zero-order valence-corrected chi connectivity index (χ0v) is 21.0. The number of nitrogens with one attached hydrogen (secondary N) is 1. The van der Waals surface area contributed by atoms with Crippen LogP contribution in [0, 0.1) is 5.92 Å². The summed E-state index contributed by atoms with van der Waals surface area (Å²) in [4.78, 5) is 40.8. The Morgan fingerprint density at radius 2 is 2.06 bits per heavy atom. The van der Waals surface area contributed by atoms with Crippen LogP contribution < -0.4 is 10.1 Å². The maximum Gasteiger partial charge on any atom is 0.307 e. The molecule has 1 atom stereocenters. The molecular weight excluding hydrogens is 460 g/mol. The number of aromatic nitrogens is 2. The van der Waals surface area contributed by atoms with Crippen molar-refractivity contribution in [3.8, 4) is 5.75 Å². The largest absolute Gasteiger partial charge is 0.497 e. The predicted octanol–water partition coefficient (Wildman–Crippen LogP) is 2.84. The highest BCUT2D eigenvalue weighted by molar-refractivity contribution is 5.94. The van der Waals surface area contributed by atoms with Gasteiger partial charge in [0.15, 0.2) is 5.69 Å². The molecule has 9 nitrogen and oxygen atoms in total. The van der Waals surface area contributed by atoms with Crippen LogP contribution >= 0.6 is 0 Å². The van der Waals surface area contributed by atoms with Crippen LogP contribution in [-0.4, -0.2) is 58.3 Å². The maximum atomic E-state index is 13.8. The van der Waals surface area contributed by atoms with E-state index in [0.717, 1.165) is 54.7 Å². The van der Waals surface area contributed by atoms with Gasteiger partial charge in [0.25, 0.3) is 5.91 Å².